The van der Waals surface area contributed by atoms with Crippen LogP contribution in [0.2, 0.25) is 0 Å². The second kappa shape index (κ2) is 7.58. The van der Waals surface area contributed by atoms with Crippen LogP contribution in [0.4, 0.5) is 16.0 Å². The molecule has 5 nitrogen and oxygen atoms in total. The molecule has 3 heterocycles. The van der Waals surface area contributed by atoms with E-state index >= 15 is 0 Å². The van der Waals surface area contributed by atoms with Gasteiger partial charge >= 0.3 is 0 Å². The lowest BCUT2D eigenvalue weighted by Crippen LogP contribution is -2.53. The number of halogens is 1. The minimum atomic E-state index is -0.151. The van der Waals surface area contributed by atoms with Crippen molar-refractivity contribution in [3.05, 3.63) is 48.0 Å². The number of piperazine rings is 1. The Bertz CT molecular complexity index is 722. The molecule has 138 valence electrons. The van der Waals surface area contributed by atoms with Crippen molar-refractivity contribution >= 4 is 11.6 Å². The third-order valence-electron chi connectivity index (χ3n) is 5.63. The second-order valence-corrected chi connectivity index (χ2v) is 7.22. The lowest BCUT2D eigenvalue weighted by molar-refractivity contribution is 0.159. The van der Waals surface area contributed by atoms with Gasteiger partial charge in [-0.3, -0.25) is 4.90 Å². The van der Waals surface area contributed by atoms with Crippen LogP contribution < -0.4 is 9.80 Å². The smallest absolute Gasteiger partial charge is 0.225 e. The molecule has 0 atom stereocenters. The zero-order valence-electron chi connectivity index (χ0n) is 15.3. The average molecular weight is 355 g/mol. The summed E-state index contributed by atoms with van der Waals surface area (Å²) < 4.78 is 13.3. The Balaban J connectivity index is 1.30. The first-order valence-corrected chi connectivity index (χ1v) is 9.48. The molecule has 26 heavy (non-hydrogen) atoms. The van der Waals surface area contributed by atoms with Crippen molar-refractivity contribution in [2.45, 2.75) is 25.8 Å². The number of benzene rings is 1. The fourth-order valence-corrected chi connectivity index (χ4v) is 4.19. The minimum absolute atomic E-state index is 0.151. The highest BCUT2D eigenvalue weighted by atomic mass is 19.1. The number of nitrogens with zero attached hydrogens (tertiary/aromatic N) is 5. The fourth-order valence-electron chi connectivity index (χ4n) is 4.19. The average Bonchev–Trinajstić information content (AvgIpc) is 2.69. The topological polar surface area (TPSA) is 35.5 Å². The number of aryl methyl sites for hydroxylation is 1. The molecule has 2 fully saturated rings. The van der Waals surface area contributed by atoms with Gasteiger partial charge in [0.1, 0.15) is 5.82 Å². The van der Waals surface area contributed by atoms with Crippen LogP contribution >= 0.6 is 0 Å². The molecule has 0 aliphatic carbocycles. The quantitative estimate of drug-likeness (QED) is 0.846. The van der Waals surface area contributed by atoms with Gasteiger partial charge in [0.15, 0.2) is 0 Å². The summed E-state index contributed by atoms with van der Waals surface area (Å²) in [5.41, 5.74) is 2.20. The lowest BCUT2D eigenvalue weighted by Gasteiger charge is -2.43. The van der Waals surface area contributed by atoms with Crippen LogP contribution in [-0.2, 0) is 0 Å². The van der Waals surface area contributed by atoms with Crippen LogP contribution in [0.25, 0.3) is 0 Å². The van der Waals surface area contributed by atoms with E-state index in [0.717, 1.165) is 50.8 Å². The predicted octanol–water partition coefficient (Wildman–Crippen LogP) is 2.72. The van der Waals surface area contributed by atoms with Crippen molar-refractivity contribution in [2.24, 2.45) is 0 Å². The van der Waals surface area contributed by atoms with Crippen LogP contribution in [0.3, 0.4) is 0 Å². The third kappa shape index (κ3) is 3.65. The van der Waals surface area contributed by atoms with Crippen molar-refractivity contribution < 1.29 is 4.39 Å². The van der Waals surface area contributed by atoms with Gasteiger partial charge in [0.2, 0.25) is 5.95 Å². The highest BCUT2D eigenvalue weighted by molar-refractivity contribution is 5.53. The first-order valence-electron chi connectivity index (χ1n) is 9.48. The van der Waals surface area contributed by atoms with Crippen LogP contribution in [-0.4, -0.2) is 60.2 Å². The van der Waals surface area contributed by atoms with E-state index in [4.69, 9.17) is 0 Å². The Morgan fingerprint density at radius 3 is 2.27 bits per heavy atom. The molecule has 1 aromatic carbocycles. The maximum Gasteiger partial charge on any atom is 0.225 e. The highest BCUT2D eigenvalue weighted by Crippen LogP contribution is 2.26. The van der Waals surface area contributed by atoms with Gasteiger partial charge in [0.05, 0.1) is 0 Å². The predicted molar refractivity (Wildman–Crippen MR) is 102 cm³/mol. The molecule has 0 radical (unpaired) electrons. The first kappa shape index (κ1) is 17.2. The molecule has 2 aromatic rings. The fraction of sp³-hybridized carbons (Fsp3) is 0.500. The molecule has 2 aliphatic heterocycles. The van der Waals surface area contributed by atoms with Crippen LogP contribution in [0.5, 0.6) is 0 Å². The van der Waals surface area contributed by atoms with Gasteiger partial charge < -0.3 is 9.80 Å². The summed E-state index contributed by atoms with van der Waals surface area (Å²) in [5, 5.41) is 0. The summed E-state index contributed by atoms with van der Waals surface area (Å²) in [6.45, 7) is 8.19. The van der Waals surface area contributed by atoms with Crippen molar-refractivity contribution in [1.29, 1.82) is 0 Å². The van der Waals surface area contributed by atoms with Gasteiger partial charge in [-0.1, -0.05) is 0 Å². The SMILES string of the molecule is Cc1cc(F)ccc1N1CCC(N2CCN(c3ncccn3)CC2)CC1. The van der Waals surface area contributed by atoms with Gasteiger partial charge in [0.25, 0.3) is 0 Å². The Hall–Kier alpha value is -2.21. The largest absolute Gasteiger partial charge is 0.371 e. The molecule has 0 N–H and O–H groups in total. The maximum absolute atomic E-state index is 13.3. The molecule has 2 saturated heterocycles. The highest BCUT2D eigenvalue weighted by Gasteiger charge is 2.28. The molecule has 0 unspecified atom stereocenters. The Labute approximate surface area is 154 Å². The Kier molecular flexibility index (Phi) is 5.02. The molecule has 1 aromatic heterocycles. The van der Waals surface area contributed by atoms with Crippen LogP contribution in [0.1, 0.15) is 18.4 Å². The molecule has 2 aliphatic rings. The summed E-state index contributed by atoms with van der Waals surface area (Å²) in [5.74, 6) is 0.690. The number of anilines is 2. The first-order chi connectivity index (χ1) is 12.7. The normalized spacial score (nSPS) is 19.8. The van der Waals surface area contributed by atoms with E-state index in [9.17, 15) is 4.39 Å². The lowest BCUT2D eigenvalue weighted by atomic mass is 10.0. The molecule has 0 bridgehead atoms. The third-order valence-corrected chi connectivity index (χ3v) is 5.63. The van der Waals surface area contributed by atoms with E-state index < -0.39 is 0 Å². The van der Waals surface area contributed by atoms with E-state index in [2.05, 4.69) is 24.7 Å². The summed E-state index contributed by atoms with van der Waals surface area (Å²) >= 11 is 0. The van der Waals surface area contributed by atoms with Crippen LogP contribution in [0, 0.1) is 12.7 Å². The van der Waals surface area contributed by atoms with Crippen LogP contribution in [0.15, 0.2) is 36.7 Å². The zero-order chi connectivity index (χ0) is 17.9. The van der Waals surface area contributed by atoms with Gasteiger partial charge in [-0.15, -0.1) is 0 Å². The summed E-state index contributed by atoms with van der Waals surface area (Å²) in [6, 6.07) is 7.62. The molecule has 4 rings (SSSR count). The van der Waals surface area contributed by atoms with Crippen molar-refractivity contribution in [3.63, 3.8) is 0 Å². The van der Waals surface area contributed by atoms with Gasteiger partial charge in [0, 0.05) is 63.4 Å². The second-order valence-electron chi connectivity index (χ2n) is 7.22. The number of rotatable bonds is 3. The maximum atomic E-state index is 13.3. The van der Waals surface area contributed by atoms with E-state index in [1.54, 1.807) is 12.1 Å². The molecular weight excluding hydrogens is 329 g/mol. The molecular formula is C20H26FN5. The molecule has 0 spiro atoms. The summed E-state index contributed by atoms with van der Waals surface area (Å²) in [4.78, 5) is 16.0. The molecule has 0 amide bonds. The van der Waals surface area contributed by atoms with Crippen molar-refractivity contribution in [3.8, 4) is 0 Å². The monoisotopic (exact) mass is 355 g/mol. The summed E-state index contributed by atoms with van der Waals surface area (Å²) in [7, 11) is 0. The number of aromatic nitrogens is 2. The van der Waals surface area contributed by atoms with Gasteiger partial charge in [-0.05, 0) is 49.6 Å². The Morgan fingerprint density at radius 1 is 0.923 bits per heavy atom. The van der Waals surface area contributed by atoms with Crippen molar-refractivity contribution in [1.82, 2.24) is 14.9 Å². The van der Waals surface area contributed by atoms with E-state index in [1.807, 2.05) is 31.5 Å². The van der Waals surface area contributed by atoms with Gasteiger partial charge in [-0.2, -0.15) is 0 Å². The number of piperidine rings is 1. The molecule has 6 heteroatoms. The number of hydrogen-bond donors (Lipinski definition) is 0. The number of hydrogen-bond acceptors (Lipinski definition) is 5. The molecule has 0 saturated carbocycles. The van der Waals surface area contributed by atoms with E-state index in [0.29, 0.717) is 6.04 Å². The van der Waals surface area contributed by atoms with E-state index in [1.165, 1.54) is 18.5 Å². The Morgan fingerprint density at radius 2 is 1.62 bits per heavy atom. The van der Waals surface area contributed by atoms with Crippen molar-refractivity contribution in [2.75, 3.05) is 49.1 Å². The van der Waals surface area contributed by atoms with E-state index in [-0.39, 0.29) is 5.82 Å². The summed E-state index contributed by atoms with van der Waals surface area (Å²) in [6.07, 6.45) is 5.95. The minimum Gasteiger partial charge on any atom is -0.371 e. The standard InChI is InChI=1S/C20H26FN5/c1-16-15-17(21)3-4-19(16)25-9-5-18(6-10-25)24-11-13-26(14-12-24)20-22-7-2-8-23-20/h2-4,7-8,15,18H,5-6,9-14H2,1H3. The zero-order valence-corrected chi connectivity index (χ0v) is 15.3. The van der Waals surface area contributed by atoms with Gasteiger partial charge in [-0.25, -0.2) is 14.4 Å².